The van der Waals surface area contributed by atoms with Gasteiger partial charge in [0, 0.05) is 18.0 Å². The molecule has 0 amide bonds. The van der Waals surface area contributed by atoms with Crippen LogP contribution in [0.25, 0.3) is 0 Å². The molecule has 4 heteroatoms. The van der Waals surface area contributed by atoms with E-state index in [0.717, 1.165) is 12.2 Å². The maximum Gasteiger partial charge on any atom is 0.204 e. The number of rotatable bonds is 7. The van der Waals surface area contributed by atoms with Crippen LogP contribution in [0, 0.1) is 0 Å². The third kappa shape index (κ3) is 4.05. The van der Waals surface area contributed by atoms with Gasteiger partial charge >= 0.3 is 0 Å². The summed E-state index contributed by atoms with van der Waals surface area (Å²) in [6.07, 6.45) is 4.26. The average molecular weight is 285 g/mol. The average Bonchev–Trinajstić information content (AvgIpc) is 2.55. The van der Waals surface area contributed by atoms with E-state index < -0.39 is 6.10 Å². The molecule has 0 radical (unpaired) electrons. The molecule has 0 spiro atoms. The number of nitrogens with zero attached hydrogens (tertiary/aromatic N) is 1. The van der Waals surface area contributed by atoms with Gasteiger partial charge in [-0.2, -0.15) is 0 Å². The second kappa shape index (κ2) is 7.43. The Hall–Kier alpha value is -2.36. The first kappa shape index (κ1) is 15.0. The van der Waals surface area contributed by atoms with E-state index in [9.17, 15) is 4.79 Å². The minimum absolute atomic E-state index is 0.0410. The van der Waals surface area contributed by atoms with E-state index >= 15 is 0 Å². The van der Waals surface area contributed by atoms with Gasteiger partial charge in [0.25, 0.3) is 0 Å². The van der Waals surface area contributed by atoms with Gasteiger partial charge in [-0.15, -0.1) is 0 Å². The molecular weight excluding hydrogens is 266 g/mol. The topological polar surface area (TPSA) is 48.4 Å². The molecule has 1 atom stereocenters. The largest absolute Gasteiger partial charge is 0.497 e. The van der Waals surface area contributed by atoms with Crippen molar-refractivity contribution in [2.45, 2.75) is 25.9 Å². The lowest BCUT2D eigenvalue weighted by Crippen LogP contribution is -2.27. The van der Waals surface area contributed by atoms with Gasteiger partial charge in [-0.05, 0) is 42.8 Å². The summed E-state index contributed by atoms with van der Waals surface area (Å²) in [5, 5.41) is 0. The number of hydrogen-bond acceptors (Lipinski definition) is 4. The molecule has 1 unspecified atom stereocenters. The molecule has 0 aliphatic rings. The first-order valence-electron chi connectivity index (χ1n) is 6.99. The molecule has 2 rings (SSSR count). The molecule has 21 heavy (non-hydrogen) atoms. The monoisotopic (exact) mass is 285 g/mol. The second-order valence-corrected chi connectivity index (χ2v) is 4.68. The number of ketones is 1. The SMILES string of the molecule is CCCC(Oc1ccc(OC)cc1)C(=O)c1cccnc1. The van der Waals surface area contributed by atoms with Crippen LogP contribution in [0.5, 0.6) is 11.5 Å². The highest BCUT2D eigenvalue weighted by Gasteiger charge is 2.21. The number of methoxy groups -OCH3 is 1. The van der Waals surface area contributed by atoms with Gasteiger partial charge in [-0.1, -0.05) is 13.3 Å². The third-order valence-electron chi connectivity index (χ3n) is 3.13. The lowest BCUT2D eigenvalue weighted by Gasteiger charge is -2.17. The number of Topliss-reactive ketones (excluding diaryl/α,β-unsaturated/α-hetero) is 1. The summed E-state index contributed by atoms with van der Waals surface area (Å²) in [6, 6.07) is 10.7. The fraction of sp³-hybridized carbons (Fsp3) is 0.294. The first-order valence-corrected chi connectivity index (χ1v) is 6.99. The molecule has 1 aromatic heterocycles. The Labute approximate surface area is 124 Å². The van der Waals surface area contributed by atoms with Gasteiger partial charge < -0.3 is 9.47 Å². The summed E-state index contributed by atoms with van der Waals surface area (Å²) in [5.41, 5.74) is 0.574. The van der Waals surface area contributed by atoms with E-state index in [0.29, 0.717) is 17.7 Å². The van der Waals surface area contributed by atoms with Crippen LogP contribution in [0.15, 0.2) is 48.8 Å². The van der Waals surface area contributed by atoms with Crippen molar-refractivity contribution < 1.29 is 14.3 Å². The Bertz CT molecular complexity index is 566. The molecule has 110 valence electrons. The van der Waals surface area contributed by atoms with Crippen LogP contribution in [0.2, 0.25) is 0 Å². The van der Waals surface area contributed by atoms with Crippen molar-refractivity contribution in [1.82, 2.24) is 4.98 Å². The number of carbonyl (C=O) groups is 1. The Kier molecular flexibility index (Phi) is 5.32. The number of benzene rings is 1. The fourth-order valence-electron chi connectivity index (χ4n) is 2.02. The second-order valence-electron chi connectivity index (χ2n) is 4.68. The van der Waals surface area contributed by atoms with Crippen molar-refractivity contribution in [3.63, 3.8) is 0 Å². The predicted molar refractivity (Wildman–Crippen MR) is 80.9 cm³/mol. The van der Waals surface area contributed by atoms with Crippen molar-refractivity contribution in [3.8, 4) is 11.5 Å². The predicted octanol–water partition coefficient (Wildman–Crippen LogP) is 3.52. The lowest BCUT2D eigenvalue weighted by atomic mass is 10.0. The summed E-state index contributed by atoms with van der Waals surface area (Å²) in [6.45, 7) is 2.03. The van der Waals surface area contributed by atoms with Gasteiger partial charge in [0.15, 0.2) is 6.10 Å². The smallest absolute Gasteiger partial charge is 0.204 e. The molecule has 0 N–H and O–H groups in total. The van der Waals surface area contributed by atoms with Crippen molar-refractivity contribution in [2.75, 3.05) is 7.11 Å². The maximum atomic E-state index is 12.5. The summed E-state index contributed by atoms with van der Waals surface area (Å²) in [5.74, 6) is 1.38. The number of carbonyl (C=O) groups excluding carboxylic acids is 1. The molecule has 1 heterocycles. The Morgan fingerprint density at radius 2 is 1.90 bits per heavy atom. The highest BCUT2D eigenvalue weighted by molar-refractivity contribution is 5.99. The maximum absolute atomic E-state index is 12.5. The zero-order valence-corrected chi connectivity index (χ0v) is 12.3. The molecular formula is C17H19NO3. The van der Waals surface area contributed by atoms with Crippen molar-refractivity contribution in [1.29, 1.82) is 0 Å². The van der Waals surface area contributed by atoms with Crippen molar-refractivity contribution >= 4 is 5.78 Å². The zero-order valence-electron chi connectivity index (χ0n) is 12.3. The van der Waals surface area contributed by atoms with Crippen LogP contribution in [0.3, 0.4) is 0 Å². The zero-order chi connectivity index (χ0) is 15.1. The summed E-state index contributed by atoms with van der Waals surface area (Å²) < 4.78 is 10.9. The van der Waals surface area contributed by atoms with Gasteiger partial charge in [0.05, 0.1) is 7.11 Å². The molecule has 2 aromatic rings. The molecule has 0 aliphatic heterocycles. The van der Waals surface area contributed by atoms with Crippen molar-refractivity contribution in [2.24, 2.45) is 0 Å². The normalized spacial score (nSPS) is 11.7. The number of hydrogen-bond donors (Lipinski definition) is 0. The quantitative estimate of drug-likeness (QED) is 0.730. The van der Waals surface area contributed by atoms with Crippen LogP contribution >= 0.6 is 0 Å². The molecule has 4 nitrogen and oxygen atoms in total. The lowest BCUT2D eigenvalue weighted by molar-refractivity contribution is 0.0777. The van der Waals surface area contributed by atoms with E-state index in [1.54, 1.807) is 43.8 Å². The van der Waals surface area contributed by atoms with E-state index in [1.165, 1.54) is 0 Å². The Morgan fingerprint density at radius 1 is 1.19 bits per heavy atom. The molecule has 0 saturated carbocycles. The van der Waals surface area contributed by atoms with E-state index in [1.807, 2.05) is 19.1 Å². The molecule has 0 fully saturated rings. The molecule has 0 bridgehead atoms. The number of aromatic nitrogens is 1. The molecule has 0 saturated heterocycles. The molecule has 1 aromatic carbocycles. The van der Waals surface area contributed by atoms with Crippen LogP contribution in [-0.4, -0.2) is 24.0 Å². The van der Waals surface area contributed by atoms with Crippen LogP contribution < -0.4 is 9.47 Å². The summed E-state index contributed by atoms with van der Waals surface area (Å²) in [4.78, 5) is 16.5. The first-order chi connectivity index (χ1) is 10.2. The minimum Gasteiger partial charge on any atom is -0.497 e. The van der Waals surface area contributed by atoms with E-state index in [-0.39, 0.29) is 5.78 Å². The van der Waals surface area contributed by atoms with Gasteiger partial charge in [-0.3, -0.25) is 9.78 Å². The highest BCUT2D eigenvalue weighted by atomic mass is 16.5. The number of ether oxygens (including phenoxy) is 2. The molecule has 0 aliphatic carbocycles. The van der Waals surface area contributed by atoms with Gasteiger partial charge in [-0.25, -0.2) is 0 Å². The highest BCUT2D eigenvalue weighted by Crippen LogP contribution is 2.20. The van der Waals surface area contributed by atoms with Crippen LogP contribution in [0.4, 0.5) is 0 Å². The number of pyridine rings is 1. The van der Waals surface area contributed by atoms with Gasteiger partial charge in [0.2, 0.25) is 5.78 Å². The van der Waals surface area contributed by atoms with Gasteiger partial charge in [0.1, 0.15) is 11.5 Å². The van der Waals surface area contributed by atoms with Crippen LogP contribution in [0.1, 0.15) is 30.1 Å². The Balaban J connectivity index is 2.12. The fourth-order valence-corrected chi connectivity index (χ4v) is 2.02. The third-order valence-corrected chi connectivity index (χ3v) is 3.13. The summed E-state index contributed by atoms with van der Waals surface area (Å²) >= 11 is 0. The van der Waals surface area contributed by atoms with E-state index in [2.05, 4.69) is 4.98 Å². The Morgan fingerprint density at radius 3 is 2.48 bits per heavy atom. The minimum atomic E-state index is -0.493. The van der Waals surface area contributed by atoms with E-state index in [4.69, 9.17) is 9.47 Å². The van der Waals surface area contributed by atoms with Crippen molar-refractivity contribution in [3.05, 3.63) is 54.4 Å². The standard InChI is InChI=1S/C17H19NO3/c1-3-5-16(17(19)13-6-4-11-18-12-13)21-15-9-7-14(20-2)8-10-15/h4,6-12,16H,3,5H2,1-2H3. The van der Waals surface area contributed by atoms with Crippen LogP contribution in [-0.2, 0) is 0 Å². The summed E-state index contributed by atoms with van der Waals surface area (Å²) in [7, 11) is 1.61.